The highest BCUT2D eigenvalue weighted by Gasteiger charge is 2.26. The van der Waals surface area contributed by atoms with Crippen LogP contribution in [0, 0.1) is 17.5 Å². The first-order valence-electron chi connectivity index (χ1n) is 5.53. The Hall–Kier alpha value is -1.25. The van der Waals surface area contributed by atoms with Crippen LogP contribution in [0.25, 0.3) is 5.69 Å². The fourth-order valence-electron chi connectivity index (χ4n) is 1.73. The molecular formula is C11H7Cl2F3N2O2S. The molecule has 2 aromatic rings. The second-order valence-electron chi connectivity index (χ2n) is 3.99. The van der Waals surface area contributed by atoms with Crippen molar-refractivity contribution in [3.8, 4) is 5.69 Å². The van der Waals surface area contributed by atoms with Crippen LogP contribution in [0.15, 0.2) is 17.0 Å². The van der Waals surface area contributed by atoms with E-state index in [2.05, 4.69) is 5.10 Å². The minimum Gasteiger partial charge on any atom is -0.220 e. The number of aryl methyl sites for hydroxylation is 1. The summed E-state index contributed by atoms with van der Waals surface area (Å²) in [4.78, 5) is -0.446. The molecule has 0 aliphatic carbocycles. The monoisotopic (exact) mass is 358 g/mol. The Kier molecular flexibility index (Phi) is 4.23. The molecule has 0 bridgehead atoms. The summed E-state index contributed by atoms with van der Waals surface area (Å²) in [5.41, 5.74) is -0.238. The molecule has 0 aliphatic heterocycles. The van der Waals surface area contributed by atoms with Crippen LogP contribution in [0.2, 0.25) is 5.15 Å². The minimum absolute atomic E-state index is 0.0279. The molecule has 1 heterocycles. The summed E-state index contributed by atoms with van der Waals surface area (Å²) in [6.07, 6.45) is 0.167. The average molecular weight is 359 g/mol. The summed E-state index contributed by atoms with van der Waals surface area (Å²) < 4.78 is 63.2. The molecule has 1 aromatic heterocycles. The number of aromatic nitrogens is 2. The van der Waals surface area contributed by atoms with Gasteiger partial charge in [-0.15, -0.1) is 0 Å². The first-order valence-corrected chi connectivity index (χ1v) is 8.22. The van der Waals surface area contributed by atoms with Crippen molar-refractivity contribution in [1.82, 2.24) is 9.78 Å². The summed E-state index contributed by atoms with van der Waals surface area (Å²) in [6.45, 7) is 1.60. The van der Waals surface area contributed by atoms with Crippen molar-refractivity contribution < 1.29 is 21.6 Å². The van der Waals surface area contributed by atoms with Crippen molar-refractivity contribution in [3.63, 3.8) is 0 Å². The van der Waals surface area contributed by atoms with Gasteiger partial charge in [0.1, 0.15) is 4.90 Å². The highest BCUT2D eigenvalue weighted by atomic mass is 35.7. The molecule has 10 heteroatoms. The lowest BCUT2D eigenvalue weighted by molar-refractivity contribution is 0.446. The van der Waals surface area contributed by atoms with E-state index in [0.717, 1.165) is 4.68 Å². The summed E-state index contributed by atoms with van der Waals surface area (Å²) in [6, 6.07) is 1.28. The van der Waals surface area contributed by atoms with E-state index < -0.39 is 36.6 Å². The predicted octanol–water partition coefficient (Wildman–Crippen LogP) is 3.43. The Morgan fingerprint density at radius 1 is 1.24 bits per heavy atom. The topological polar surface area (TPSA) is 52.0 Å². The van der Waals surface area contributed by atoms with Crippen LogP contribution in [-0.2, 0) is 15.5 Å². The molecule has 0 saturated carbocycles. The van der Waals surface area contributed by atoms with Gasteiger partial charge < -0.3 is 0 Å². The van der Waals surface area contributed by atoms with Gasteiger partial charge in [-0.3, -0.25) is 0 Å². The van der Waals surface area contributed by atoms with E-state index in [1.807, 2.05) is 0 Å². The van der Waals surface area contributed by atoms with Gasteiger partial charge in [-0.1, -0.05) is 18.5 Å². The predicted molar refractivity (Wildman–Crippen MR) is 70.9 cm³/mol. The molecule has 0 N–H and O–H groups in total. The van der Waals surface area contributed by atoms with Crippen LogP contribution in [0.1, 0.15) is 12.6 Å². The summed E-state index contributed by atoms with van der Waals surface area (Å²) in [5, 5.41) is 3.40. The number of hydrogen-bond acceptors (Lipinski definition) is 3. The lowest BCUT2D eigenvalue weighted by atomic mass is 10.3. The molecule has 114 valence electrons. The van der Waals surface area contributed by atoms with Crippen LogP contribution < -0.4 is 0 Å². The summed E-state index contributed by atoms with van der Waals surface area (Å²) in [7, 11) is 1.07. The first-order chi connectivity index (χ1) is 9.66. The standard InChI is InChI=1S/C11H7Cl2F3N2O2S/c1-2-8-10(21(13,19)20)11(12)18(17-8)5-3-6(14)9(16)7(15)4-5/h3-4H,2H2,1H3. The van der Waals surface area contributed by atoms with E-state index in [0.29, 0.717) is 12.1 Å². The Balaban J connectivity index is 2.75. The fourth-order valence-corrected chi connectivity index (χ4v) is 3.64. The maximum Gasteiger partial charge on any atom is 0.266 e. The lowest BCUT2D eigenvalue weighted by Gasteiger charge is -2.04. The summed E-state index contributed by atoms with van der Waals surface area (Å²) >= 11 is 5.87. The molecule has 0 radical (unpaired) electrons. The largest absolute Gasteiger partial charge is 0.266 e. The average Bonchev–Trinajstić information content (AvgIpc) is 2.72. The Labute approximate surface area is 127 Å². The quantitative estimate of drug-likeness (QED) is 0.623. The Morgan fingerprint density at radius 2 is 1.76 bits per heavy atom. The van der Waals surface area contributed by atoms with Crippen LogP contribution in [-0.4, -0.2) is 18.2 Å². The smallest absolute Gasteiger partial charge is 0.220 e. The van der Waals surface area contributed by atoms with E-state index >= 15 is 0 Å². The van der Waals surface area contributed by atoms with Crippen LogP contribution in [0.4, 0.5) is 13.2 Å². The van der Waals surface area contributed by atoms with Gasteiger partial charge in [-0.05, 0) is 6.42 Å². The van der Waals surface area contributed by atoms with Gasteiger partial charge in [-0.25, -0.2) is 26.3 Å². The zero-order valence-electron chi connectivity index (χ0n) is 10.4. The first kappa shape index (κ1) is 16.1. The Morgan fingerprint density at radius 3 is 2.14 bits per heavy atom. The minimum atomic E-state index is -4.20. The van der Waals surface area contributed by atoms with Gasteiger partial charge in [-0.2, -0.15) is 5.10 Å². The fraction of sp³-hybridized carbons (Fsp3) is 0.182. The van der Waals surface area contributed by atoms with E-state index in [1.165, 1.54) is 0 Å². The molecule has 0 atom stereocenters. The third-order valence-corrected chi connectivity index (χ3v) is 4.49. The molecule has 1 aromatic carbocycles. The van der Waals surface area contributed by atoms with Crippen LogP contribution in [0.3, 0.4) is 0 Å². The second-order valence-corrected chi connectivity index (χ2v) is 6.85. The van der Waals surface area contributed by atoms with Crippen molar-refractivity contribution in [2.24, 2.45) is 0 Å². The Bertz CT molecular complexity index is 798. The summed E-state index contributed by atoms with van der Waals surface area (Å²) in [5.74, 6) is -4.56. The molecule has 0 spiro atoms. The molecule has 2 rings (SSSR count). The molecule has 4 nitrogen and oxygen atoms in total. The number of rotatable bonds is 3. The highest BCUT2D eigenvalue weighted by molar-refractivity contribution is 8.13. The molecule has 0 saturated heterocycles. The zero-order valence-corrected chi connectivity index (χ0v) is 12.7. The third kappa shape index (κ3) is 2.88. The normalized spacial score (nSPS) is 11.9. The van der Waals surface area contributed by atoms with Gasteiger partial charge in [0.2, 0.25) is 0 Å². The lowest BCUT2D eigenvalue weighted by Crippen LogP contribution is -2.01. The third-order valence-electron chi connectivity index (χ3n) is 2.65. The molecule has 0 fully saturated rings. The highest BCUT2D eigenvalue weighted by Crippen LogP contribution is 2.31. The SMILES string of the molecule is CCc1nn(-c2cc(F)c(F)c(F)c2)c(Cl)c1S(=O)(=O)Cl. The molecule has 0 unspecified atom stereocenters. The van der Waals surface area contributed by atoms with E-state index in [4.69, 9.17) is 22.3 Å². The second kappa shape index (κ2) is 5.51. The molecule has 21 heavy (non-hydrogen) atoms. The van der Waals surface area contributed by atoms with Crippen molar-refractivity contribution in [3.05, 3.63) is 40.4 Å². The molecule has 0 aliphatic rings. The number of nitrogens with zero attached hydrogens (tertiary/aromatic N) is 2. The van der Waals surface area contributed by atoms with Gasteiger partial charge in [0.15, 0.2) is 22.6 Å². The van der Waals surface area contributed by atoms with Gasteiger partial charge >= 0.3 is 0 Å². The van der Waals surface area contributed by atoms with Crippen LogP contribution in [0.5, 0.6) is 0 Å². The number of halogens is 5. The van der Waals surface area contributed by atoms with E-state index in [-0.39, 0.29) is 17.8 Å². The molecular weight excluding hydrogens is 352 g/mol. The van der Waals surface area contributed by atoms with Gasteiger partial charge in [0, 0.05) is 22.8 Å². The van der Waals surface area contributed by atoms with Crippen molar-refractivity contribution >= 4 is 31.3 Å². The van der Waals surface area contributed by atoms with E-state index in [9.17, 15) is 21.6 Å². The van der Waals surface area contributed by atoms with Crippen molar-refractivity contribution in [1.29, 1.82) is 0 Å². The maximum absolute atomic E-state index is 13.2. The molecule has 0 amide bonds. The van der Waals surface area contributed by atoms with Crippen LogP contribution >= 0.6 is 22.3 Å². The van der Waals surface area contributed by atoms with Crippen molar-refractivity contribution in [2.75, 3.05) is 0 Å². The van der Waals surface area contributed by atoms with Gasteiger partial charge in [0.25, 0.3) is 9.05 Å². The number of benzene rings is 1. The zero-order chi connectivity index (χ0) is 15.9. The van der Waals surface area contributed by atoms with Crippen molar-refractivity contribution in [2.45, 2.75) is 18.2 Å². The maximum atomic E-state index is 13.2. The van der Waals surface area contributed by atoms with E-state index in [1.54, 1.807) is 6.92 Å². The van der Waals surface area contributed by atoms with Gasteiger partial charge in [0.05, 0.1) is 11.4 Å². The number of hydrogen-bond donors (Lipinski definition) is 0.